The summed E-state index contributed by atoms with van der Waals surface area (Å²) in [5.74, 6) is -0.169. The maximum atomic E-state index is 10.7. The Morgan fingerprint density at radius 2 is 2.23 bits per heavy atom. The van der Waals surface area contributed by atoms with Crippen LogP contribution in [-0.2, 0) is 0 Å². The minimum absolute atomic E-state index is 0.215. The Balaban J connectivity index is 2.87. The molecule has 0 saturated heterocycles. The van der Waals surface area contributed by atoms with Crippen molar-refractivity contribution in [3.63, 3.8) is 0 Å². The van der Waals surface area contributed by atoms with Crippen molar-refractivity contribution < 1.29 is 4.79 Å². The van der Waals surface area contributed by atoms with Gasteiger partial charge in [-0.2, -0.15) is 0 Å². The lowest BCUT2D eigenvalue weighted by molar-refractivity contribution is 0.0995. The summed E-state index contributed by atoms with van der Waals surface area (Å²) in [5.41, 5.74) is 6.14. The summed E-state index contributed by atoms with van der Waals surface area (Å²) in [6.07, 6.45) is 4.03. The molecular weight excluding hydrogens is 166 g/mol. The van der Waals surface area contributed by atoms with Crippen LogP contribution in [0.25, 0.3) is 0 Å². The van der Waals surface area contributed by atoms with E-state index in [-0.39, 0.29) is 5.69 Å². The minimum Gasteiger partial charge on any atom is -0.364 e. The van der Waals surface area contributed by atoms with Gasteiger partial charge in [0.25, 0.3) is 5.91 Å². The first-order chi connectivity index (χ1) is 6.15. The molecule has 13 heavy (non-hydrogen) atoms. The van der Waals surface area contributed by atoms with Crippen LogP contribution in [0.5, 0.6) is 0 Å². The number of nitrogens with two attached hydrogens (primary N) is 1. The fraction of sp³-hybridized carbons (Fsp3) is 0.444. The quantitative estimate of drug-likeness (QED) is 0.755. The largest absolute Gasteiger partial charge is 0.364 e. The monoisotopic (exact) mass is 179 g/mol. The van der Waals surface area contributed by atoms with Crippen molar-refractivity contribution in [1.82, 2.24) is 9.97 Å². The molecule has 4 nitrogen and oxygen atoms in total. The molecule has 0 bridgehead atoms. The number of aromatic nitrogens is 2. The van der Waals surface area contributed by atoms with E-state index in [9.17, 15) is 4.79 Å². The van der Waals surface area contributed by atoms with Gasteiger partial charge in [-0.1, -0.05) is 13.8 Å². The van der Waals surface area contributed by atoms with Gasteiger partial charge in [-0.15, -0.1) is 0 Å². The third-order valence-electron chi connectivity index (χ3n) is 2.04. The van der Waals surface area contributed by atoms with Gasteiger partial charge in [0, 0.05) is 6.20 Å². The molecule has 0 aliphatic carbocycles. The van der Waals surface area contributed by atoms with Gasteiger partial charge in [-0.3, -0.25) is 9.78 Å². The molecule has 1 heterocycles. The van der Waals surface area contributed by atoms with Crippen molar-refractivity contribution in [3.05, 3.63) is 23.8 Å². The first-order valence-electron chi connectivity index (χ1n) is 4.27. The summed E-state index contributed by atoms with van der Waals surface area (Å²) < 4.78 is 0. The Morgan fingerprint density at radius 1 is 1.54 bits per heavy atom. The van der Waals surface area contributed by atoms with Crippen molar-refractivity contribution in [3.8, 4) is 0 Å². The van der Waals surface area contributed by atoms with Crippen molar-refractivity contribution in [1.29, 1.82) is 0 Å². The standard InChI is InChI=1S/C9H13N3O/c1-3-6(2)7-4-12-8(5-11-7)9(10)13/h4-6H,3H2,1-2H3,(H2,10,13). The highest BCUT2D eigenvalue weighted by Gasteiger charge is 2.06. The summed E-state index contributed by atoms with van der Waals surface area (Å²) >= 11 is 0. The van der Waals surface area contributed by atoms with Crippen molar-refractivity contribution >= 4 is 5.91 Å². The molecule has 0 aromatic carbocycles. The van der Waals surface area contributed by atoms with Gasteiger partial charge in [0.1, 0.15) is 5.69 Å². The zero-order valence-electron chi connectivity index (χ0n) is 7.82. The molecule has 1 atom stereocenters. The molecule has 4 heteroatoms. The Bertz CT molecular complexity index is 294. The van der Waals surface area contributed by atoms with E-state index in [4.69, 9.17) is 5.73 Å². The number of hydrogen-bond acceptors (Lipinski definition) is 3. The van der Waals surface area contributed by atoms with Gasteiger partial charge in [-0.25, -0.2) is 4.98 Å². The van der Waals surface area contributed by atoms with Crippen LogP contribution in [0, 0.1) is 0 Å². The zero-order chi connectivity index (χ0) is 9.84. The molecule has 0 aliphatic rings. The average molecular weight is 179 g/mol. The summed E-state index contributed by atoms with van der Waals surface area (Å²) in [7, 11) is 0. The van der Waals surface area contributed by atoms with Gasteiger partial charge in [0.05, 0.1) is 11.9 Å². The molecule has 1 unspecified atom stereocenters. The van der Waals surface area contributed by atoms with Crippen LogP contribution in [0.3, 0.4) is 0 Å². The molecule has 1 amide bonds. The molecule has 2 N–H and O–H groups in total. The number of carbonyl (C=O) groups is 1. The SMILES string of the molecule is CCC(C)c1cnc(C(N)=O)cn1. The second-order valence-corrected chi connectivity index (χ2v) is 3.00. The van der Waals surface area contributed by atoms with Crippen molar-refractivity contribution in [2.75, 3.05) is 0 Å². The topological polar surface area (TPSA) is 68.9 Å². The van der Waals surface area contributed by atoms with Crippen LogP contribution in [0.1, 0.15) is 42.4 Å². The van der Waals surface area contributed by atoms with Crippen molar-refractivity contribution in [2.24, 2.45) is 5.73 Å². The molecule has 1 aromatic rings. The van der Waals surface area contributed by atoms with E-state index < -0.39 is 5.91 Å². The van der Waals surface area contributed by atoms with Gasteiger partial charge in [0.15, 0.2) is 0 Å². The normalized spacial score (nSPS) is 12.5. The smallest absolute Gasteiger partial charge is 0.268 e. The number of hydrogen-bond donors (Lipinski definition) is 1. The van der Waals surface area contributed by atoms with Crippen LogP contribution >= 0.6 is 0 Å². The first kappa shape index (κ1) is 9.64. The number of rotatable bonds is 3. The fourth-order valence-corrected chi connectivity index (χ4v) is 0.929. The predicted molar refractivity (Wildman–Crippen MR) is 49.3 cm³/mol. The second kappa shape index (κ2) is 3.98. The molecule has 1 aromatic heterocycles. The molecule has 1 rings (SSSR count). The molecule has 70 valence electrons. The summed E-state index contributed by atoms with van der Waals surface area (Å²) in [4.78, 5) is 18.7. The van der Waals surface area contributed by atoms with E-state index in [0.717, 1.165) is 12.1 Å². The Hall–Kier alpha value is -1.45. The van der Waals surface area contributed by atoms with Crippen LogP contribution in [-0.4, -0.2) is 15.9 Å². The van der Waals surface area contributed by atoms with Crippen LogP contribution in [0.4, 0.5) is 0 Å². The summed E-state index contributed by atoms with van der Waals surface area (Å²) in [6, 6.07) is 0. The van der Waals surface area contributed by atoms with Gasteiger partial charge in [0.2, 0.25) is 0 Å². The molecule has 0 radical (unpaired) electrons. The van der Waals surface area contributed by atoms with Crippen LogP contribution in [0.2, 0.25) is 0 Å². The van der Waals surface area contributed by atoms with E-state index in [1.165, 1.54) is 6.20 Å². The lowest BCUT2D eigenvalue weighted by atomic mass is 10.1. The maximum absolute atomic E-state index is 10.7. The van der Waals surface area contributed by atoms with E-state index in [1.54, 1.807) is 6.20 Å². The molecular formula is C9H13N3O. The third kappa shape index (κ3) is 2.24. The average Bonchev–Trinajstić information content (AvgIpc) is 2.17. The first-order valence-corrected chi connectivity index (χ1v) is 4.27. The highest BCUT2D eigenvalue weighted by molar-refractivity contribution is 5.90. The fourth-order valence-electron chi connectivity index (χ4n) is 0.929. The lowest BCUT2D eigenvalue weighted by Crippen LogP contribution is -2.14. The van der Waals surface area contributed by atoms with Gasteiger partial charge >= 0.3 is 0 Å². The second-order valence-electron chi connectivity index (χ2n) is 3.00. The van der Waals surface area contributed by atoms with E-state index >= 15 is 0 Å². The third-order valence-corrected chi connectivity index (χ3v) is 2.04. The summed E-state index contributed by atoms with van der Waals surface area (Å²) in [5, 5.41) is 0. The molecule has 0 aliphatic heterocycles. The number of primary amides is 1. The number of carbonyl (C=O) groups excluding carboxylic acids is 1. The van der Waals surface area contributed by atoms with Crippen LogP contribution in [0.15, 0.2) is 12.4 Å². The number of nitrogens with zero attached hydrogens (tertiary/aromatic N) is 2. The maximum Gasteiger partial charge on any atom is 0.268 e. The molecule has 0 spiro atoms. The van der Waals surface area contributed by atoms with Gasteiger partial charge in [-0.05, 0) is 12.3 Å². The van der Waals surface area contributed by atoms with Gasteiger partial charge < -0.3 is 5.73 Å². The Labute approximate surface area is 77.2 Å². The van der Waals surface area contributed by atoms with E-state index in [0.29, 0.717) is 5.92 Å². The lowest BCUT2D eigenvalue weighted by Gasteiger charge is -2.06. The summed E-state index contributed by atoms with van der Waals surface area (Å²) in [6.45, 7) is 4.14. The predicted octanol–water partition coefficient (Wildman–Crippen LogP) is 1.09. The molecule has 0 fully saturated rings. The Morgan fingerprint density at radius 3 is 2.62 bits per heavy atom. The zero-order valence-corrected chi connectivity index (χ0v) is 7.82. The van der Waals surface area contributed by atoms with E-state index in [1.807, 2.05) is 0 Å². The van der Waals surface area contributed by atoms with Crippen molar-refractivity contribution in [2.45, 2.75) is 26.2 Å². The highest BCUT2D eigenvalue weighted by Crippen LogP contribution is 2.14. The van der Waals surface area contributed by atoms with Crippen LogP contribution < -0.4 is 5.73 Å². The highest BCUT2D eigenvalue weighted by atomic mass is 16.1. The molecule has 0 saturated carbocycles. The minimum atomic E-state index is -0.539. The number of amides is 1. The Kier molecular flexibility index (Phi) is 2.95. The van der Waals surface area contributed by atoms with E-state index in [2.05, 4.69) is 23.8 Å².